The summed E-state index contributed by atoms with van der Waals surface area (Å²) in [6, 6.07) is 23.5. The van der Waals surface area contributed by atoms with Crippen LogP contribution in [0.3, 0.4) is 0 Å². The number of amides is 1. The Balaban J connectivity index is 1.95. The molecule has 3 aromatic carbocycles. The summed E-state index contributed by atoms with van der Waals surface area (Å²) in [7, 11) is 1.64. The van der Waals surface area contributed by atoms with Gasteiger partial charge < -0.3 is 9.64 Å². The van der Waals surface area contributed by atoms with E-state index in [9.17, 15) is 4.79 Å². The molecule has 0 saturated heterocycles. The highest BCUT2D eigenvalue weighted by molar-refractivity contribution is 6.06. The predicted molar refractivity (Wildman–Crippen MR) is 106 cm³/mol. The quantitative estimate of drug-likeness (QED) is 0.639. The van der Waals surface area contributed by atoms with Gasteiger partial charge in [0.05, 0.1) is 13.7 Å². The molecule has 0 aromatic heterocycles. The van der Waals surface area contributed by atoms with Gasteiger partial charge in [0, 0.05) is 11.3 Å². The number of anilines is 1. The van der Waals surface area contributed by atoms with Crippen LogP contribution in [0.1, 0.15) is 27.0 Å². The maximum absolute atomic E-state index is 13.2. The van der Waals surface area contributed by atoms with Crippen LogP contribution < -0.4 is 9.64 Å². The van der Waals surface area contributed by atoms with E-state index in [4.69, 9.17) is 4.74 Å². The lowest BCUT2D eigenvalue weighted by molar-refractivity contribution is 0.0985. The van der Waals surface area contributed by atoms with Gasteiger partial charge in [0.25, 0.3) is 5.91 Å². The van der Waals surface area contributed by atoms with Gasteiger partial charge in [-0.25, -0.2) is 0 Å². The number of ether oxygens (including phenoxy) is 1. The second-order valence-corrected chi connectivity index (χ2v) is 6.44. The number of hydrogen-bond donors (Lipinski definition) is 0. The topological polar surface area (TPSA) is 29.5 Å². The van der Waals surface area contributed by atoms with Crippen LogP contribution in [0.2, 0.25) is 0 Å². The number of rotatable bonds is 5. The SMILES string of the molecule is COc1ccc(N(Cc2ccc(C)cc2)C(=O)c2ccc(C)cc2)cc1. The van der Waals surface area contributed by atoms with Gasteiger partial charge in [-0.1, -0.05) is 47.5 Å². The summed E-state index contributed by atoms with van der Waals surface area (Å²) in [6.07, 6.45) is 0. The Labute approximate surface area is 154 Å². The van der Waals surface area contributed by atoms with Gasteiger partial charge in [0.2, 0.25) is 0 Å². The molecule has 0 bridgehead atoms. The normalized spacial score (nSPS) is 10.4. The van der Waals surface area contributed by atoms with Crippen molar-refractivity contribution >= 4 is 11.6 Å². The standard InChI is InChI=1S/C23H23NO2/c1-17-4-8-19(9-5-17)16-24(21-12-14-22(26-3)15-13-21)23(25)20-10-6-18(2)7-11-20/h4-15H,16H2,1-3H3. The molecule has 1 amide bonds. The average molecular weight is 345 g/mol. The molecule has 3 heteroatoms. The van der Waals surface area contributed by atoms with E-state index in [2.05, 4.69) is 31.2 Å². The summed E-state index contributed by atoms with van der Waals surface area (Å²) in [5.41, 5.74) is 4.95. The minimum absolute atomic E-state index is 0.0178. The maximum Gasteiger partial charge on any atom is 0.258 e. The molecule has 0 fully saturated rings. The molecule has 0 radical (unpaired) electrons. The molecule has 26 heavy (non-hydrogen) atoms. The van der Waals surface area contributed by atoms with Crippen molar-refractivity contribution in [2.24, 2.45) is 0 Å². The summed E-state index contributed by atoms with van der Waals surface area (Å²) in [5, 5.41) is 0. The molecule has 3 aromatic rings. The lowest BCUT2D eigenvalue weighted by Gasteiger charge is -2.23. The zero-order valence-electron chi connectivity index (χ0n) is 15.4. The van der Waals surface area contributed by atoms with Crippen molar-refractivity contribution in [3.8, 4) is 5.75 Å². The van der Waals surface area contributed by atoms with Crippen molar-refractivity contribution < 1.29 is 9.53 Å². The summed E-state index contributed by atoms with van der Waals surface area (Å²) in [4.78, 5) is 15.0. The van der Waals surface area contributed by atoms with Crippen molar-refractivity contribution in [2.45, 2.75) is 20.4 Å². The van der Waals surface area contributed by atoms with Crippen LogP contribution in [0.25, 0.3) is 0 Å². The van der Waals surface area contributed by atoms with Crippen LogP contribution in [0, 0.1) is 13.8 Å². The van der Waals surface area contributed by atoms with Crippen LogP contribution in [0.5, 0.6) is 5.75 Å². The van der Waals surface area contributed by atoms with E-state index >= 15 is 0 Å². The maximum atomic E-state index is 13.2. The first-order chi connectivity index (χ1) is 12.6. The number of nitrogens with zero attached hydrogens (tertiary/aromatic N) is 1. The number of methoxy groups -OCH3 is 1. The van der Waals surface area contributed by atoms with Crippen molar-refractivity contribution in [3.63, 3.8) is 0 Å². The minimum atomic E-state index is -0.0178. The number of aryl methyl sites for hydroxylation is 2. The lowest BCUT2D eigenvalue weighted by Crippen LogP contribution is -2.30. The monoisotopic (exact) mass is 345 g/mol. The Bertz CT molecular complexity index is 866. The molecule has 0 spiro atoms. The number of benzene rings is 3. The van der Waals surface area contributed by atoms with Gasteiger partial charge in [-0.15, -0.1) is 0 Å². The molecular formula is C23H23NO2. The van der Waals surface area contributed by atoms with E-state index in [0.29, 0.717) is 12.1 Å². The Kier molecular flexibility index (Phi) is 5.37. The lowest BCUT2D eigenvalue weighted by atomic mass is 10.1. The molecule has 0 aliphatic rings. The highest BCUT2D eigenvalue weighted by Crippen LogP contribution is 2.23. The molecule has 0 aliphatic carbocycles. The summed E-state index contributed by atoms with van der Waals surface area (Å²) in [5.74, 6) is 0.752. The van der Waals surface area contributed by atoms with Crippen molar-refractivity contribution in [3.05, 3.63) is 95.1 Å². The van der Waals surface area contributed by atoms with E-state index in [0.717, 1.165) is 22.6 Å². The molecule has 0 N–H and O–H groups in total. The number of carbonyl (C=O) groups is 1. The van der Waals surface area contributed by atoms with Gasteiger partial charge in [0.1, 0.15) is 5.75 Å². The Morgan fingerprint density at radius 3 is 1.88 bits per heavy atom. The van der Waals surface area contributed by atoms with Crippen LogP contribution >= 0.6 is 0 Å². The van der Waals surface area contributed by atoms with Crippen molar-refractivity contribution in [1.82, 2.24) is 0 Å². The van der Waals surface area contributed by atoms with Crippen LogP contribution in [0.4, 0.5) is 5.69 Å². The largest absolute Gasteiger partial charge is 0.497 e. The Hall–Kier alpha value is -3.07. The molecule has 0 saturated carbocycles. The minimum Gasteiger partial charge on any atom is -0.497 e. The molecule has 3 nitrogen and oxygen atoms in total. The molecule has 132 valence electrons. The summed E-state index contributed by atoms with van der Waals surface area (Å²) >= 11 is 0. The average Bonchev–Trinajstić information content (AvgIpc) is 2.68. The first-order valence-corrected chi connectivity index (χ1v) is 8.65. The van der Waals surface area contributed by atoms with Gasteiger partial charge in [-0.2, -0.15) is 0 Å². The highest BCUT2D eigenvalue weighted by atomic mass is 16.5. The van der Waals surface area contributed by atoms with E-state index in [1.54, 1.807) is 12.0 Å². The zero-order chi connectivity index (χ0) is 18.5. The molecule has 0 aliphatic heterocycles. The number of hydrogen-bond acceptors (Lipinski definition) is 2. The fourth-order valence-corrected chi connectivity index (χ4v) is 2.77. The van der Waals surface area contributed by atoms with Crippen molar-refractivity contribution in [2.75, 3.05) is 12.0 Å². The molecule has 0 heterocycles. The third kappa shape index (κ3) is 4.12. The Morgan fingerprint density at radius 2 is 1.35 bits per heavy atom. The third-order valence-electron chi connectivity index (χ3n) is 4.39. The van der Waals surface area contributed by atoms with E-state index in [1.807, 2.05) is 55.5 Å². The molecular weight excluding hydrogens is 322 g/mol. The van der Waals surface area contributed by atoms with Gasteiger partial charge >= 0.3 is 0 Å². The van der Waals surface area contributed by atoms with Crippen LogP contribution in [0.15, 0.2) is 72.8 Å². The van der Waals surface area contributed by atoms with Gasteiger partial charge in [-0.05, 0) is 55.8 Å². The van der Waals surface area contributed by atoms with E-state index in [-0.39, 0.29) is 5.91 Å². The smallest absolute Gasteiger partial charge is 0.258 e. The summed E-state index contributed by atoms with van der Waals surface area (Å²) in [6.45, 7) is 4.59. The van der Waals surface area contributed by atoms with Crippen LogP contribution in [-0.2, 0) is 6.54 Å². The Morgan fingerprint density at radius 1 is 0.808 bits per heavy atom. The van der Waals surface area contributed by atoms with Crippen LogP contribution in [-0.4, -0.2) is 13.0 Å². The molecule has 0 unspecified atom stereocenters. The predicted octanol–water partition coefficient (Wildman–Crippen LogP) is 5.16. The third-order valence-corrected chi connectivity index (χ3v) is 4.39. The fourth-order valence-electron chi connectivity index (χ4n) is 2.77. The van der Waals surface area contributed by atoms with Gasteiger partial charge in [0.15, 0.2) is 0 Å². The summed E-state index contributed by atoms with van der Waals surface area (Å²) < 4.78 is 5.24. The highest BCUT2D eigenvalue weighted by Gasteiger charge is 2.18. The van der Waals surface area contributed by atoms with Gasteiger partial charge in [-0.3, -0.25) is 4.79 Å². The second kappa shape index (κ2) is 7.87. The van der Waals surface area contributed by atoms with E-state index in [1.165, 1.54) is 5.56 Å². The van der Waals surface area contributed by atoms with Crippen molar-refractivity contribution in [1.29, 1.82) is 0 Å². The second-order valence-electron chi connectivity index (χ2n) is 6.44. The number of carbonyl (C=O) groups excluding carboxylic acids is 1. The fraction of sp³-hybridized carbons (Fsp3) is 0.174. The first kappa shape index (κ1) is 17.7. The zero-order valence-corrected chi connectivity index (χ0v) is 15.4. The molecule has 3 rings (SSSR count). The first-order valence-electron chi connectivity index (χ1n) is 8.65. The molecule has 0 atom stereocenters. The van der Waals surface area contributed by atoms with E-state index < -0.39 is 0 Å².